The van der Waals surface area contributed by atoms with E-state index in [2.05, 4.69) is 6.58 Å². The highest BCUT2D eigenvalue weighted by Crippen LogP contribution is 2.33. The van der Waals surface area contributed by atoms with Crippen molar-refractivity contribution in [3.63, 3.8) is 0 Å². The van der Waals surface area contributed by atoms with Crippen molar-refractivity contribution in [3.05, 3.63) is 94.8 Å². The molecular formula is C29H32O6. The Morgan fingerprint density at radius 1 is 0.886 bits per heavy atom. The Labute approximate surface area is 206 Å². The predicted molar refractivity (Wildman–Crippen MR) is 140 cm³/mol. The molecule has 2 rings (SSSR count). The molecule has 3 N–H and O–H groups in total. The maximum atomic E-state index is 12.3. The highest BCUT2D eigenvalue weighted by atomic mass is 16.5. The summed E-state index contributed by atoms with van der Waals surface area (Å²) in [5.74, 6) is 0.0842. The topological polar surface area (TPSA) is 96.2 Å². The molecule has 0 fully saturated rings. The van der Waals surface area contributed by atoms with Gasteiger partial charge in [-0.3, -0.25) is 4.79 Å². The summed E-state index contributed by atoms with van der Waals surface area (Å²) in [5.41, 5.74) is 3.80. The molecule has 0 bridgehead atoms. The minimum atomic E-state index is -0.419. The molecule has 184 valence electrons. The Hall–Kier alpha value is -4.19. The summed E-state index contributed by atoms with van der Waals surface area (Å²) in [6, 6.07) is 6.78. The number of hydrogen-bond donors (Lipinski definition) is 3. The molecule has 0 aromatic heterocycles. The van der Waals surface area contributed by atoms with Crippen LogP contribution in [0.3, 0.4) is 0 Å². The van der Waals surface area contributed by atoms with Crippen molar-refractivity contribution in [2.75, 3.05) is 14.2 Å². The molecule has 0 atom stereocenters. The van der Waals surface area contributed by atoms with Gasteiger partial charge in [0.2, 0.25) is 0 Å². The average Bonchev–Trinajstić information content (AvgIpc) is 2.82. The highest BCUT2D eigenvalue weighted by Gasteiger charge is 2.10. The Bertz CT molecular complexity index is 1190. The van der Waals surface area contributed by atoms with Crippen molar-refractivity contribution in [2.24, 2.45) is 0 Å². The Morgan fingerprint density at radius 3 is 1.89 bits per heavy atom. The van der Waals surface area contributed by atoms with Gasteiger partial charge in [0.1, 0.15) is 5.76 Å². The molecule has 2 aromatic carbocycles. The number of phenols is 2. The number of methoxy groups -OCH3 is 2. The molecule has 0 amide bonds. The minimum Gasteiger partial charge on any atom is -0.508 e. The third-order valence-corrected chi connectivity index (χ3v) is 5.06. The molecule has 0 aliphatic rings. The van der Waals surface area contributed by atoms with E-state index in [-0.39, 0.29) is 17.3 Å². The molecule has 6 nitrogen and oxygen atoms in total. The number of carbonyl (C=O) groups is 1. The Balaban J connectivity index is 2.21. The third kappa shape index (κ3) is 7.96. The lowest BCUT2D eigenvalue weighted by molar-refractivity contribution is -0.110. The van der Waals surface area contributed by atoms with E-state index in [1.165, 1.54) is 26.4 Å². The van der Waals surface area contributed by atoms with Gasteiger partial charge >= 0.3 is 0 Å². The molecule has 0 saturated carbocycles. The average molecular weight is 477 g/mol. The van der Waals surface area contributed by atoms with Crippen LogP contribution in [-0.4, -0.2) is 35.3 Å². The highest BCUT2D eigenvalue weighted by molar-refractivity contribution is 6.02. The number of rotatable bonds is 11. The number of ketones is 1. The van der Waals surface area contributed by atoms with Gasteiger partial charge in [0.05, 0.1) is 14.2 Å². The number of carbonyl (C=O) groups excluding carboxylic acids is 1. The van der Waals surface area contributed by atoms with Gasteiger partial charge in [-0.15, -0.1) is 6.58 Å². The summed E-state index contributed by atoms with van der Waals surface area (Å²) in [6.45, 7) is 7.63. The lowest BCUT2D eigenvalue weighted by Crippen LogP contribution is -1.92. The van der Waals surface area contributed by atoms with E-state index in [9.17, 15) is 20.1 Å². The number of benzene rings is 2. The quantitative estimate of drug-likeness (QED) is 0.157. The number of aliphatic hydroxyl groups excluding tert-OH is 1. The number of phenolic OH excluding ortho intramolecular Hbond substituents is 2. The first-order valence-corrected chi connectivity index (χ1v) is 11.0. The van der Waals surface area contributed by atoms with Crippen LogP contribution < -0.4 is 9.47 Å². The SMILES string of the molecule is C=CCc1cc(/C=C/C(=O)/C=C(O)/C=C/c2cc(CC=C(C)C)c(O)c(OC)c2)cc(OC)c1O. The number of ether oxygens (including phenoxy) is 2. The van der Waals surface area contributed by atoms with Crippen LogP contribution in [0.2, 0.25) is 0 Å². The monoisotopic (exact) mass is 476 g/mol. The number of allylic oxidation sites excluding steroid dienone is 6. The van der Waals surface area contributed by atoms with E-state index >= 15 is 0 Å². The van der Waals surface area contributed by atoms with Gasteiger partial charge in [0.25, 0.3) is 0 Å². The van der Waals surface area contributed by atoms with Crippen molar-refractivity contribution in [1.29, 1.82) is 0 Å². The largest absolute Gasteiger partial charge is 0.508 e. The summed E-state index contributed by atoms with van der Waals surface area (Å²) < 4.78 is 10.4. The molecule has 2 aromatic rings. The van der Waals surface area contributed by atoms with Crippen molar-refractivity contribution in [3.8, 4) is 23.0 Å². The fourth-order valence-electron chi connectivity index (χ4n) is 3.26. The van der Waals surface area contributed by atoms with E-state index in [4.69, 9.17) is 9.47 Å². The normalized spacial score (nSPS) is 11.6. The van der Waals surface area contributed by atoms with Crippen LogP contribution >= 0.6 is 0 Å². The molecule has 0 aliphatic heterocycles. The summed E-state index contributed by atoms with van der Waals surface area (Å²) in [4.78, 5) is 12.3. The second-order valence-corrected chi connectivity index (χ2v) is 8.08. The molecule has 0 spiro atoms. The zero-order valence-electron chi connectivity index (χ0n) is 20.5. The minimum absolute atomic E-state index is 0.0356. The van der Waals surface area contributed by atoms with Gasteiger partial charge in [0.15, 0.2) is 28.8 Å². The first kappa shape index (κ1) is 27.1. The van der Waals surface area contributed by atoms with E-state index in [0.29, 0.717) is 46.6 Å². The molecule has 0 aliphatic carbocycles. The zero-order chi connectivity index (χ0) is 26.0. The maximum absolute atomic E-state index is 12.3. The fraction of sp³-hybridized carbons (Fsp3) is 0.207. The molecule has 6 heteroatoms. The van der Waals surface area contributed by atoms with E-state index in [1.54, 1.807) is 42.5 Å². The lowest BCUT2D eigenvalue weighted by atomic mass is 10.0. The molecule has 0 radical (unpaired) electrons. The number of aliphatic hydroxyl groups is 1. The van der Waals surface area contributed by atoms with Crippen LogP contribution in [0.15, 0.2) is 72.6 Å². The lowest BCUT2D eigenvalue weighted by Gasteiger charge is -2.10. The van der Waals surface area contributed by atoms with E-state index in [1.807, 2.05) is 19.9 Å². The van der Waals surface area contributed by atoms with Crippen LogP contribution in [0, 0.1) is 0 Å². The molecule has 35 heavy (non-hydrogen) atoms. The van der Waals surface area contributed by atoms with Crippen molar-refractivity contribution >= 4 is 17.9 Å². The van der Waals surface area contributed by atoms with Crippen LogP contribution in [-0.2, 0) is 17.6 Å². The van der Waals surface area contributed by atoms with E-state index < -0.39 is 5.78 Å². The zero-order valence-corrected chi connectivity index (χ0v) is 20.5. The second kappa shape index (κ2) is 12.9. The van der Waals surface area contributed by atoms with Crippen molar-refractivity contribution in [1.82, 2.24) is 0 Å². The molecular weight excluding hydrogens is 444 g/mol. The second-order valence-electron chi connectivity index (χ2n) is 8.08. The molecule has 0 saturated heterocycles. The van der Waals surface area contributed by atoms with Crippen molar-refractivity contribution in [2.45, 2.75) is 26.7 Å². The van der Waals surface area contributed by atoms with Gasteiger partial charge < -0.3 is 24.8 Å². The standard InChI is InChI=1S/C29H32O6/c1-6-7-22-14-20(16-26(34-4)28(22)32)9-12-24(30)18-25(31)13-10-21-15-23(11-8-19(2)3)29(33)27(17-21)35-5/h6,8-10,12-18,31-33H,1,7,11H2,2-5H3/b12-9+,13-10+,25-18-. The predicted octanol–water partition coefficient (Wildman–Crippen LogP) is 6.09. The van der Waals surface area contributed by atoms with Gasteiger partial charge in [-0.1, -0.05) is 29.9 Å². The van der Waals surface area contributed by atoms with Gasteiger partial charge in [0, 0.05) is 17.2 Å². The summed E-state index contributed by atoms with van der Waals surface area (Å²) in [6.07, 6.45) is 11.6. The molecule has 0 unspecified atom stereocenters. The van der Waals surface area contributed by atoms with Crippen LogP contribution in [0.25, 0.3) is 12.2 Å². The molecule has 0 heterocycles. The summed E-state index contributed by atoms with van der Waals surface area (Å²) in [7, 11) is 2.92. The Morgan fingerprint density at radius 2 is 1.40 bits per heavy atom. The number of hydrogen-bond acceptors (Lipinski definition) is 6. The first-order chi connectivity index (χ1) is 16.7. The van der Waals surface area contributed by atoms with Gasteiger partial charge in [-0.05, 0) is 74.2 Å². The van der Waals surface area contributed by atoms with Crippen molar-refractivity contribution < 1.29 is 29.6 Å². The fourth-order valence-corrected chi connectivity index (χ4v) is 3.26. The Kier molecular flexibility index (Phi) is 9.97. The van der Waals surface area contributed by atoms with Gasteiger partial charge in [-0.25, -0.2) is 0 Å². The van der Waals surface area contributed by atoms with Crippen LogP contribution in [0.1, 0.15) is 36.1 Å². The van der Waals surface area contributed by atoms with E-state index in [0.717, 1.165) is 11.6 Å². The number of aromatic hydroxyl groups is 2. The smallest absolute Gasteiger partial charge is 0.182 e. The first-order valence-electron chi connectivity index (χ1n) is 11.0. The third-order valence-electron chi connectivity index (χ3n) is 5.06. The summed E-state index contributed by atoms with van der Waals surface area (Å²) in [5, 5.41) is 30.7. The van der Waals surface area contributed by atoms with Gasteiger partial charge in [-0.2, -0.15) is 0 Å². The maximum Gasteiger partial charge on any atom is 0.182 e. The van der Waals surface area contributed by atoms with Crippen LogP contribution in [0.5, 0.6) is 23.0 Å². The summed E-state index contributed by atoms with van der Waals surface area (Å²) >= 11 is 0. The van der Waals surface area contributed by atoms with Crippen LogP contribution in [0.4, 0.5) is 0 Å².